The van der Waals surface area contributed by atoms with Crippen molar-refractivity contribution in [3.63, 3.8) is 0 Å². The maximum absolute atomic E-state index is 5.83. The lowest BCUT2D eigenvalue weighted by Gasteiger charge is -2.16. The molecule has 1 N–H and O–H groups in total. The molecule has 2 aromatic rings. The lowest BCUT2D eigenvalue weighted by Crippen LogP contribution is -2.31. The molecule has 0 aliphatic heterocycles. The third-order valence-corrected chi connectivity index (χ3v) is 4.24. The Labute approximate surface area is 152 Å². The van der Waals surface area contributed by atoms with Gasteiger partial charge in [-0.2, -0.15) is 0 Å². The van der Waals surface area contributed by atoms with Crippen LogP contribution in [0.1, 0.15) is 44.4 Å². The Kier molecular flexibility index (Phi) is 8.50. The maximum Gasteiger partial charge on any atom is 0.119 e. The van der Waals surface area contributed by atoms with Crippen LogP contribution < -0.4 is 10.1 Å². The highest BCUT2D eigenvalue weighted by Crippen LogP contribution is 2.23. The van der Waals surface area contributed by atoms with E-state index in [-0.39, 0.29) is 6.10 Å². The third-order valence-electron chi connectivity index (χ3n) is 4.24. The zero-order chi connectivity index (χ0) is 17.9. The lowest BCUT2D eigenvalue weighted by molar-refractivity contribution is 0.0598. The van der Waals surface area contributed by atoms with Gasteiger partial charge in [0, 0.05) is 19.2 Å². The number of ether oxygens (including phenoxy) is 2. The molecule has 2 unspecified atom stereocenters. The van der Waals surface area contributed by atoms with Crippen molar-refractivity contribution in [1.82, 2.24) is 5.32 Å². The second-order valence-electron chi connectivity index (χ2n) is 6.31. The van der Waals surface area contributed by atoms with Crippen molar-refractivity contribution in [3.05, 3.63) is 65.7 Å². The Morgan fingerprint density at radius 2 is 1.68 bits per heavy atom. The quantitative estimate of drug-likeness (QED) is 0.597. The smallest absolute Gasteiger partial charge is 0.119 e. The molecule has 0 spiro atoms. The van der Waals surface area contributed by atoms with Crippen LogP contribution in [-0.4, -0.2) is 25.8 Å². The molecule has 0 heterocycles. The third kappa shape index (κ3) is 6.89. The van der Waals surface area contributed by atoms with E-state index in [1.54, 1.807) is 0 Å². The minimum atomic E-state index is 0.180. The molecule has 0 fully saturated rings. The molecule has 0 radical (unpaired) electrons. The van der Waals surface area contributed by atoms with Crippen LogP contribution in [-0.2, 0) is 11.2 Å². The Bertz CT molecular complexity index is 583. The van der Waals surface area contributed by atoms with E-state index in [9.17, 15) is 0 Å². The van der Waals surface area contributed by atoms with Crippen LogP contribution >= 0.6 is 0 Å². The number of nitrogens with one attached hydrogen (secondary N) is 1. The maximum atomic E-state index is 5.83. The van der Waals surface area contributed by atoms with Gasteiger partial charge in [0.15, 0.2) is 0 Å². The van der Waals surface area contributed by atoms with Crippen LogP contribution in [0, 0.1) is 0 Å². The number of benzene rings is 2. The molecule has 0 aliphatic carbocycles. The van der Waals surface area contributed by atoms with Crippen LogP contribution in [0.3, 0.4) is 0 Å². The number of hydrogen-bond donors (Lipinski definition) is 1. The van der Waals surface area contributed by atoms with Crippen molar-refractivity contribution < 1.29 is 9.47 Å². The van der Waals surface area contributed by atoms with E-state index in [0.29, 0.717) is 12.6 Å². The van der Waals surface area contributed by atoms with Gasteiger partial charge in [-0.3, -0.25) is 0 Å². The van der Waals surface area contributed by atoms with Crippen LogP contribution in [0.15, 0.2) is 54.6 Å². The Morgan fingerprint density at radius 3 is 2.32 bits per heavy atom. The summed E-state index contributed by atoms with van der Waals surface area (Å²) < 4.78 is 11.6. The van der Waals surface area contributed by atoms with Gasteiger partial charge in [-0.1, -0.05) is 49.4 Å². The minimum Gasteiger partial charge on any atom is -0.492 e. The van der Waals surface area contributed by atoms with Gasteiger partial charge in [-0.25, -0.2) is 0 Å². The van der Waals surface area contributed by atoms with Crippen LogP contribution in [0.2, 0.25) is 0 Å². The van der Waals surface area contributed by atoms with Gasteiger partial charge < -0.3 is 14.8 Å². The molecular formula is C22H31NO2. The SMILES string of the molecule is CCOC(CC)c1ccc(OCCNC(C)Cc2ccccc2)cc1. The molecule has 0 amide bonds. The highest BCUT2D eigenvalue weighted by molar-refractivity contribution is 5.28. The standard InChI is InChI=1S/C22H31NO2/c1-4-22(24-5-2)20-11-13-21(14-12-20)25-16-15-23-18(3)17-19-9-7-6-8-10-19/h6-14,18,22-23H,4-5,15-17H2,1-3H3. The molecule has 0 aromatic heterocycles. The summed E-state index contributed by atoms with van der Waals surface area (Å²) in [7, 11) is 0. The van der Waals surface area contributed by atoms with Crippen LogP contribution in [0.4, 0.5) is 0 Å². The molecule has 2 rings (SSSR count). The summed E-state index contributed by atoms with van der Waals surface area (Å²) in [6.45, 7) is 8.64. The van der Waals surface area contributed by atoms with Gasteiger partial charge in [0.2, 0.25) is 0 Å². The van der Waals surface area contributed by atoms with Crippen molar-refractivity contribution in [3.8, 4) is 5.75 Å². The molecule has 0 saturated heterocycles. The van der Waals surface area contributed by atoms with Crippen molar-refractivity contribution in [2.24, 2.45) is 0 Å². The largest absolute Gasteiger partial charge is 0.492 e. The van der Waals surface area contributed by atoms with Crippen molar-refractivity contribution in [2.45, 2.75) is 45.8 Å². The summed E-state index contributed by atoms with van der Waals surface area (Å²) in [5.41, 5.74) is 2.57. The van der Waals surface area contributed by atoms with Crippen molar-refractivity contribution >= 4 is 0 Å². The fourth-order valence-corrected chi connectivity index (χ4v) is 2.94. The van der Waals surface area contributed by atoms with E-state index in [4.69, 9.17) is 9.47 Å². The summed E-state index contributed by atoms with van der Waals surface area (Å²) >= 11 is 0. The molecule has 0 saturated carbocycles. The molecule has 2 aromatic carbocycles. The molecule has 0 bridgehead atoms. The lowest BCUT2D eigenvalue weighted by atomic mass is 10.1. The van der Waals surface area contributed by atoms with Crippen molar-refractivity contribution in [1.29, 1.82) is 0 Å². The average molecular weight is 341 g/mol. The van der Waals surface area contributed by atoms with E-state index in [2.05, 4.69) is 61.6 Å². The molecule has 136 valence electrons. The van der Waals surface area contributed by atoms with E-state index < -0.39 is 0 Å². The predicted octanol–water partition coefficient (Wildman–Crippen LogP) is 4.77. The Balaban J connectivity index is 1.69. The normalized spacial score (nSPS) is 13.4. The summed E-state index contributed by atoms with van der Waals surface area (Å²) in [6, 6.07) is 19.3. The molecule has 3 nitrogen and oxygen atoms in total. The first-order valence-electron chi connectivity index (χ1n) is 9.34. The first-order chi connectivity index (χ1) is 12.2. The molecule has 3 heteroatoms. The monoisotopic (exact) mass is 341 g/mol. The van der Waals surface area contributed by atoms with E-state index in [1.807, 2.05) is 19.1 Å². The molecule has 2 atom stereocenters. The van der Waals surface area contributed by atoms with Gasteiger partial charge in [-0.05, 0) is 49.9 Å². The molecular weight excluding hydrogens is 310 g/mol. The predicted molar refractivity (Wildman–Crippen MR) is 104 cm³/mol. The fourth-order valence-electron chi connectivity index (χ4n) is 2.94. The van der Waals surface area contributed by atoms with E-state index in [0.717, 1.165) is 31.7 Å². The summed E-state index contributed by atoms with van der Waals surface area (Å²) in [5, 5.41) is 3.51. The molecule has 0 aliphatic rings. The number of hydrogen-bond acceptors (Lipinski definition) is 3. The Hall–Kier alpha value is -1.84. The van der Waals surface area contributed by atoms with Gasteiger partial charge >= 0.3 is 0 Å². The van der Waals surface area contributed by atoms with Gasteiger partial charge in [0.05, 0.1) is 6.10 Å². The minimum absolute atomic E-state index is 0.180. The first kappa shape index (κ1) is 19.5. The van der Waals surface area contributed by atoms with Gasteiger partial charge in [-0.15, -0.1) is 0 Å². The van der Waals surface area contributed by atoms with E-state index >= 15 is 0 Å². The highest BCUT2D eigenvalue weighted by Gasteiger charge is 2.08. The van der Waals surface area contributed by atoms with Gasteiger partial charge in [0.1, 0.15) is 12.4 Å². The zero-order valence-electron chi connectivity index (χ0n) is 15.7. The summed E-state index contributed by atoms with van der Waals surface area (Å²) in [5.74, 6) is 0.910. The van der Waals surface area contributed by atoms with Crippen molar-refractivity contribution in [2.75, 3.05) is 19.8 Å². The summed E-state index contributed by atoms with van der Waals surface area (Å²) in [4.78, 5) is 0. The zero-order valence-corrected chi connectivity index (χ0v) is 15.7. The van der Waals surface area contributed by atoms with E-state index in [1.165, 1.54) is 11.1 Å². The second kappa shape index (κ2) is 10.9. The highest BCUT2D eigenvalue weighted by atomic mass is 16.5. The number of rotatable bonds is 11. The average Bonchev–Trinajstić information content (AvgIpc) is 2.65. The van der Waals surface area contributed by atoms with Crippen LogP contribution in [0.25, 0.3) is 0 Å². The molecule has 25 heavy (non-hydrogen) atoms. The first-order valence-corrected chi connectivity index (χ1v) is 9.34. The topological polar surface area (TPSA) is 30.5 Å². The summed E-state index contributed by atoms with van der Waals surface area (Å²) in [6.07, 6.45) is 2.20. The van der Waals surface area contributed by atoms with Crippen LogP contribution in [0.5, 0.6) is 5.75 Å². The Morgan fingerprint density at radius 1 is 0.960 bits per heavy atom. The second-order valence-corrected chi connectivity index (χ2v) is 6.31. The van der Waals surface area contributed by atoms with Gasteiger partial charge in [0.25, 0.3) is 0 Å². The fraction of sp³-hybridized carbons (Fsp3) is 0.455.